The van der Waals surface area contributed by atoms with Crippen molar-refractivity contribution >= 4 is 40.5 Å². The summed E-state index contributed by atoms with van der Waals surface area (Å²) in [6.45, 7) is 2.08. The van der Waals surface area contributed by atoms with Gasteiger partial charge >= 0.3 is 5.97 Å². The average molecular weight is 415 g/mol. The number of nitrogens with zero attached hydrogens (tertiary/aromatic N) is 2. The maximum Gasteiger partial charge on any atom is 0.337 e. The van der Waals surface area contributed by atoms with Crippen LogP contribution in [0.15, 0.2) is 102 Å². The third-order valence-corrected chi connectivity index (χ3v) is 5.86. The normalized spacial score (nSPS) is 17.2. The molecule has 5 heteroatoms. The first-order chi connectivity index (χ1) is 14.7. The third kappa shape index (κ3) is 4.02. The Bertz CT molecular complexity index is 1090. The van der Waals surface area contributed by atoms with Crippen LogP contribution in [0.25, 0.3) is 0 Å². The molecule has 0 fully saturated rings. The van der Waals surface area contributed by atoms with Crippen LogP contribution in [0.5, 0.6) is 0 Å². The third-order valence-electron chi connectivity index (χ3n) is 4.84. The van der Waals surface area contributed by atoms with Gasteiger partial charge in [-0.05, 0) is 42.2 Å². The first kappa shape index (κ1) is 20.0. The van der Waals surface area contributed by atoms with Gasteiger partial charge < -0.3 is 10.0 Å². The zero-order valence-electron chi connectivity index (χ0n) is 16.6. The standard InChI is InChI=1S/C25H22N2O2S/c1-2-30-23-17-21(25(28)29)24(26-18-11-5-3-6-12-18)20-15-9-10-16-22(20)27(23)19-13-7-4-8-14-19/h3-17,23H,2H2,1H3,(H,28,29). The van der Waals surface area contributed by atoms with Crippen LogP contribution >= 0.6 is 11.8 Å². The predicted molar refractivity (Wildman–Crippen MR) is 125 cm³/mol. The molecule has 0 saturated heterocycles. The number of hydrogen-bond donors (Lipinski definition) is 1. The van der Waals surface area contributed by atoms with Gasteiger partial charge in [-0.15, -0.1) is 11.8 Å². The molecule has 1 unspecified atom stereocenters. The Morgan fingerprint density at radius 1 is 0.967 bits per heavy atom. The van der Waals surface area contributed by atoms with E-state index in [1.807, 2.05) is 91.0 Å². The van der Waals surface area contributed by atoms with Crippen LogP contribution in [0, 0.1) is 0 Å². The molecule has 1 atom stereocenters. The van der Waals surface area contributed by atoms with Crippen molar-refractivity contribution in [3.05, 3.63) is 102 Å². The summed E-state index contributed by atoms with van der Waals surface area (Å²) in [5.74, 6) is -0.124. The zero-order chi connectivity index (χ0) is 20.9. The molecule has 1 N–H and O–H groups in total. The number of benzene rings is 3. The van der Waals surface area contributed by atoms with E-state index in [9.17, 15) is 9.90 Å². The lowest BCUT2D eigenvalue weighted by molar-refractivity contribution is -0.132. The molecule has 4 rings (SSSR count). The fourth-order valence-electron chi connectivity index (χ4n) is 3.55. The number of aliphatic imine (C=N–C) groups is 1. The van der Waals surface area contributed by atoms with Gasteiger partial charge in [0.25, 0.3) is 0 Å². The average Bonchev–Trinajstić information content (AvgIpc) is 2.91. The van der Waals surface area contributed by atoms with Crippen LogP contribution in [0.4, 0.5) is 17.1 Å². The van der Waals surface area contributed by atoms with Crippen molar-refractivity contribution in [1.82, 2.24) is 0 Å². The Hall–Kier alpha value is -3.31. The maximum atomic E-state index is 12.3. The van der Waals surface area contributed by atoms with E-state index < -0.39 is 5.97 Å². The Morgan fingerprint density at radius 3 is 2.27 bits per heavy atom. The van der Waals surface area contributed by atoms with Gasteiger partial charge in [0.05, 0.1) is 28.0 Å². The van der Waals surface area contributed by atoms with Gasteiger partial charge in [-0.25, -0.2) is 9.79 Å². The highest BCUT2D eigenvalue weighted by molar-refractivity contribution is 8.00. The number of carboxylic acid groups (broad SMARTS) is 1. The minimum absolute atomic E-state index is 0.173. The number of thioether (sulfide) groups is 1. The van der Waals surface area contributed by atoms with Gasteiger partial charge in [0.15, 0.2) is 0 Å². The Kier molecular flexibility index (Phi) is 6.00. The summed E-state index contributed by atoms with van der Waals surface area (Å²) in [7, 11) is 0. The molecule has 0 spiro atoms. The topological polar surface area (TPSA) is 52.9 Å². The molecule has 1 heterocycles. The van der Waals surface area contributed by atoms with Crippen LogP contribution < -0.4 is 4.90 Å². The van der Waals surface area contributed by atoms with Crippen LogP contribution in [0.1, 0.15) is 12.5 Å². The Balaban J connectivity index is 2.00. The van der Waals surface area contributed by atoms with E-state index in [0.717, 1.165) is 28.4 Å². The molecule has 4 nitrogen and oxygen atoms in total. The molecule has 0 amide bonds. The first-order valence-corrected chi connectivity index (χ1v) is 10.9. The number of fused-ring (bicyclic) bond motifs is 1. The van der Waals surface area contributed by atoms with Gasteiger partial charge in [-0.3, -0.25) is 0 Å². The van der Waals surface area contributed by atoms with Gasteiger partial charge in [0, 0.05) is 11.3 Å². The molecule has 0 radical (unpaired) electrons. The number of carbonyl (C=O) groups is 1. The monoisotopic (exact) mass is 414 g/mol. The summed E-state index contributed by atoms with van der Waals surface area (Å²) in [5.41, 5.74) is 4.18. The fraction of sp³-hybridized carbons (Fsp3) is 0.120. The molecular weight excluding hydrogens is 392 g/mol. The smallest absolute Gasteiger partial charge is 0.337 e. The highest BCUT2D eigenvalue weighted by Gasteiger charge is 2.31. The lowest BCUT2D eigenvalue weighted by atomic mass is 10.0. The summed E-state index contributed by atoms with van der Waals surface area (Å²) < 4.78 is 0. The highest BCUT2D eigenvalue weighted by atomic mass is 32.2. The van der Waals surface area contributed by atoms with Crippen molar-refractivity contribution in [2.75, 3.05) is 10.7 Å². The van der Waals surface area contributed by atoms with Crippen molar-refractivity contribution in [2.45, 2.75) is 12.3 Å². The van der Waals surface area contributed by atoms with E-state index in [2.05, 4.69) is 11.8 Å². The van der Waals surface area contributed by atoms with Crippen molar-refractivity contribution < 1.29 is 9.90 Å². The molecule has 0 aliphatic carbocycles. The van der Waals surface area contributed by atoms with Crippen molar-refractivity contribution in [3.8, 4) is 0 Å². The van der Waals surface area contributed by atoms with Crippen molar-refractivity contribution in [2.24, 2.45) is 4.99 Å². The van der Waals surface area contributed by atoms with Crippen LogP contribution in [0.2, 0.25) is 0 Å². The fourth-order valence-corrected chi connectivity index (χ4v) is 4.51. The second-order valence-corrected chi connectivity index (χ2v) is 8.14. The zero-order valence-corrected chi connectivity index (χ0v) is 17.4. The number of carboxylic acids is 1. The van der Waals surface area contributed by atoms with E-state index >= 15 is 0 Å². The molecule has 0 aromatic heterocycles. The SMILES string of the molecule is CCSC1C=C(C(=O)O)C(=Nc2ccccc2)c2ccccc2N1c1ccccc1. The van der Waals surface area contributed by atoms with Crippen molar-refractivity contribution in [1.29, 1.82) is 0 Å². The summed E-state index contributed by atoms with van der Waals surface area (Å²) >= 11 is 1.69. The molecule has 30 heavy (non-hydrogen) atoms. The molecular formula is C25H22N2O2S. The summed E-state index contributed by atoms with van der Waals surface area (Å²) in [6.07, 6.45) is 1.82. The summed E-state index contributed by atoms with van der Waals surface area (Å²) in [5, 5.41) is 9.93. The second-order valence-electron chi connectivity index (χ2n) is 6.75. The number of rotatable bonds is 5. The summed E-state index contributed by atoms with van der Waals surface area (Å²) in [4.78, 5) is 19.3. The molecule has 1 aliphatic rings. The molecule has 0 bridgehead atoms. The lowest BCUT2D eigenvalue weighted by Gasteiger charge is -2.31. The minimum Gasteiger partial charge on any atom is -0.478 e. The quantitative estimate of drug-likeness (QED) is 0.552. The van der Waals surface area contributed by atoms with E-state index in [1.165, 1.54) is 0 Å². The molecule has 1 aliphatic heterocycles. The number of aliphatic carboxylic acids is 1. The number of anilines is 2. The maximum absolute atomic E-state index is 12.3. The van der Waals surface area contributed by atoms with Crippen LogP contribution in [-0.4, -0.2) is 27.9 Å². The van der Waals surface area contributed by atoms with Crippen molar-refractivity contribution in [3.63, 3.8) is 0 Å². The molecule has 3 aromatic carbocycles. The van der Waals surface area contributed by atoms with Crippen LogP contribution in [0.3, 0.4) is 0 Å². The Morgan fingerprint density at radius 2 is 1.60 bits per heavy atom. The molecule has 150 valence electrons. The van der Waals surface area contributed by atoms with Crippen LogP contribution in [-0.2, 0) is 4.79 Å². The van der Waals surface area contributed by atoms with E-state index in [4.69, 9.17) is 4.99 Å². The molecule has 0 saturated carbocycles. The number of hydrogen-bond acceptors (Lipinski definition) is 4. The van der Waals surface area contributed by atoms with Gasteiger partial charge in [-0.2, -0.15) is 0 Å². The lowest BCUT2D eigenvalue weighted by Crippen LogP contribution is -2.27. The Labute approximate surface area is 180 Å². The van der Waals surface area contributed by atoms with E-state index in [-0.39, 0.29) is 10.9 Å². The number of para-hydroxylation sites is 3. The van der Waals surface area contributed by atoms with E-state index in [1.54, 1.807) is 11.8 Å². The first-order valence-electron chi connectivity index (χ1n) is 9.83. The predicted octanol–water partition coefficient (Wildman–Crippen LogP) is 6.05. The minimum atomic E-state index is -0.976. The van der Waals surface area contributed by atoms with Gasteiger partial charge in [0.2, 0.25) is 0 Å². The summed E-state index contributed by atoms with van der Waals surface area (Å²) in [6, 6.07) is 27.4. The van der Waals surface area contributed by atoms with Gasteiger partial charge in [0.1, 0.15) is 0 Å². The largest absolute Gasteiger partial charge is 0.478 e. The van der Waals surface area contributed by atoms with E-state index in [0.29, 0.717) is 5.71 Å². The highest BCUT2D eigenvalue weighted by Crippen LogP contribution is 2.39. The van der Waals surface area contributed by atoms with Gasteiger partial charge in [-0.1, -0.05) is 61.5 Å². The second kappa shape index (κ2) is 9.01. The molecule has 3 aromatic rings.